The molecule has 1 heterocycles. The highest BCUT2D eigenvalue weighted by molar-refractivity contribution is 8.01. The molecule has 0 bridgehead atoms. The van der Waals surface area contributed by atoms with Crippen molar-refractivity contribution in [1.29, 1.82) is 0 Å². The Hall–Kier alpha value is -1.35. The second-order valence-corrected chi connectivity index (χ2v) is 6.22. The van der Waals surface area contributed by atoms with Crippen LogP contribution in [-0.2, 0) is 0 Å². The van der Waals surface area contributed by atoms with Crippen LogP contribution in [0.25, 0.3) is 11.3 Å². The molecule has 0 spiro atoms. The normalized spacial score (nSPS) is 12.5. The van der Waals surface area contributed by atoms with Gasteiger partial charge in [-0.1, -0.05) is 30.3 Å². The van der Waals surface area contributed by atoms with Gasteiger partial charge in [0.15, 0.2) is 0 Å². The quantitative estimate of drug-likeness (QED) is 0.497. The number of alkyl halides is 6. The fourth-order valence-electron chi connectivity index (χ4n) is 1.63. The molecule has 2 aromatic rings. The van der Waals surface area contributed by atoms with Gasteiger partial charge in [0.1, 0.15) is 0 Å². The summed E-state index contributed by atoms with van der Waals surface area (Å²) in [5.41, 5.74) is -8.81. The van der Waals surface area contributed by atoms with Crippen molar-refractivity contribution >= 4 is 23.5 Å². The molecular weight excluding hydrogens is 348 g/mol. The number of thioether (sulfide) groups is 2. The lowest BCUT2D eigenvalue weighted by molar-refractivity contribution is -0.0334. The number of pyridine rings is 1. The summed E-state index contributed by atoms with van der Waals surface area (Å²) in [4.78, 5) is 3.02. The van der Waals surface area contributed by atoms with Crippen molar-refractivity contribution < 1.29 is 26.3 Å². The minimum atomic E-state index is -4.62. The van der Waals surface area contributed by atoms with E-state index in [1.54, 1.807) is 30.3 Å². The predicted molar refractivity (Wildman–Crippen MR) is 73.5 cm³/mol. The lowest BCUT2D eigenvalue weighted by atomic mass is 10.1. The first-order valence-electron chi connectivity index (χ1n) is 5.71. The zero-order valence-corrected chi connectivity index (χ0v) is 12.2. The molecule has 118 valence electrons. The molecule has 0 aliphatic carbocycles. The van der Waals surface area contributed by atoms with Crippen LogP contribution in [0.2, 0.25) is 0 Å². The number of hydrogen-bond donors (Lipinski definition) is 0. The molecule has 1 aromatic carbocycles. The summed E-state index contributed by atoms with van der Waals surface area (Å²) in [5.74, 6) is 0. The number of hydrogen-bond acceptors (Lipinski definition) is 3. The van der Waals surface area contributed by atoms with Crippen molar-refractivity contribution in [3.63, 3.8) is 0 Å². The van der Waals surface area contributed by atoms with Gasteiger partial charge >= 0.3 is 11.0 Å². The van der Waals surface area contributed by atoms with Crippen LogP contribution in [0.1, 0.15) is 0 Å². The van der Waals surface area contributed by atoms with Gasteiger partial charge in [-0.2, -0.15) is 26.3 Å². The maximum Gasteiger partial charge on any atom is 0.446 e. The van der Waals surface area contributed by atoms with E-state index in [1.807, 2.05) is 0 Å². The Bertz CT molecular complexity index is 639. The number of aromatic nitrogens is 1. The minimum Gasteiger partial charge on any atom is -0.254 e. The molecule has 0 aliphatic rings. The number of halogens is 6. The third kappa shape index (κ3) is 5.13. The summed E-state index contributed by atoms with van der Waals surface area (Å²) in [6.07, 6.45) is 0.918. The molecular formula is C13H7F6NS2. The van der Waals surface area contributed by atoms with Crippen LogP contribution in [0.5, 0.6) is 0 Å². The third-order valence-electron chi connectivity index (χ3n) is 2.33. The lowest BCUT2D eigenvalue weighted by Gasteiger charge is -2.13. The van der Waals surface area contributed by atoms with E-state index in [-0.39, 0.29) is 15.5 Å². The van der Waals surface area contributed by atoms with E-state index in [1.165, 1.54) is 0 Å². The number of benzene rings is 1. The molecule has 9 heteroatoms. The average Bonchev–Trinajstić information content (AvgIpc) is 2.36. The molecule has 0 aliphatic heterocycles. The SMILES string of the molecule is FC(F)(F)Sc1cnc(-c2ccccc2)c(SC(F)(F)F)c1. The fraction of sp³-hybridized carbons (Fsp3) is 0.154. The van der Waals surface area contributed by atoms with Crippen LogP contribution < -0.4 is 0 Å². The van der Waals surface area contributed by atoms with E-state index < -0.39 is 34.5 Å². The van der Waals surface area contributed by atoms with Gasteiger partial charge in [0, 0.05) is 21.6 Å². The molecule has 0 N–H and O–H groups in total. The zero-order valence-electron chi connectivity index (χ0n) is 10.6. The Balaban J connectivity index is 2.45. The van der Waals surface area contributed by atoms with Gasteiger partial charge in [-0.25, -0.2) is 0 Å². The molecule has 0 saturated heterocycles. The van der Waals surface area contributed by atoms with Gasteiger partial charge < -0.3 is 0 Å². The first-order valence-corrected chi connectivity index (χ1v) is 7.34. The van der Waals surface area contributed by atoms with E-state index in [0.717, 1.165) is 12.3 Å². The Morgan fingerprint density at radius 3 is 1.95 bits per heavy atom. The van der Waals surface area contributed by atoms with E-state index in [4.69, 9.17) is 0 Å². The van der Waals surface area contributed by atoms with E-state index in [0.29, 0.717) is 5.56 Å². The summed E-state index contributed by atoms with van der Waals surface area (Å²) >= 11 is -0.979. The molecule has 0 amide bonds. The summed E-state index contributed by atoms with van der Waals surface area (Å²) in [5, 5.41) is 0. The first-order chi connectivity index (χ1) is 10.1. The van der Waals surface area contributed by atoms with E-state index in [2.05, 4.69) is 4.98 Å². The van der Waals surface area contributed by atoms with Crippen LogP contribution in [0, 0.1) is 0 Å². The highest BCUT2D eigenvalue weighted by Crippen LogP contribution is 2.44. The van der Waals surface area contributed by atoms with Crippen LogP contribution in [-0.4, -0.2) is 16.0 Å². The largest absolute Gasteiger partial charge is 0.446 e. The third-order valence-corrected chi connectivity index (χ3v) is 3.79. The Morgan fingerprint density at radius 2 is 1.41 bits per heavy atom. The monoisotopic (exact) mass is 355 g/mol. The summed E-state index contributed by atoms with van der Waals surface area (Å²) in [6.45, 7) is 0. The molecule has 0 unspecified atom stereocenters. The average molecular weight is 355 g/mol. The van der Waals surface area contributed by atoms with Crippen LogP contribution in [0.15, 0.2) is 52.4 Å². The van der Waals surface area contributed by atoms with Gasteiger partial charge in [-0.05, 0) is 29.6 Å². The van der Waals surface area contributed by atoms with Gasteiger partial charge in [0.05, 0.1) is 5.69 Å². The molecule has 0 saturated carbocycles. The summed E-state index contributed by atoms with van der Waals surface area (Å²) < 4.78 is 74.9. The molecule has 2 rings (SSSR count). The Kier molecular flexibility index (Phi) is 4.96. The molecule has 0 fully saturated rings. The molecule has 1 aromatic heterocycles. The standard InChI is InChI=1S/C13H7F6NS2/c14-12(15,16)21-9-6-10(22-13(17,18)19)11(20-7-9)8-4-2-1-3-5-8/h1-7H. The maximum absolute atomic E-state index is 12.6. The van der Waals surface area contributed by atoms with Crippen molar-refractivity contribution in [2.45, 2.75) is 20.8 Å². The van der Waals surface area contributed by atoms with Crippen molar-refractivity contribution in [3.8, 4) is 11.3 Å². The smallest absolute Gasteiger partial charge is 0.254 e. The van der Waals surface area contributed by atoms with Crippen LogP contribution >= 0.6 is 23.5 Å². The fourth-order valence-corrected chi connectivity index (χ4v) is 2.96. The second-order valence-electron chi connectivity index (χ2n) is 3.98. The Labute approximate surface area is 130 Å². The molecule has 0 atom stereocenters. The number of rotatable bonds is 3. The first kappa shape index (κ1) is 17.0. The molecule has 22 heavy (non-hydrogen) atoms. The predicted octanol–water partition coefficient (Wildman–Crippen LogP) is 5.97. The second kappa shape index (κ2) is 6.41. The summed E-state index contributed by atoms with van der Waals surface area (Å²) in [7, 11) is 0. The topological polar surface area (TPSA) is 12.9 Å². The summed E-state index contributed by atoms with van der Waals surface area (Å²) in [6, 6.07) is 8.83. The van der Waals surface area contributed by atoms with Crippen molar-refractivity contribution in [2.24, 2.45) is 0 Å². The van der Waals surface area contributed by atoms with Gasteiger partial charge in [0.2, 0.25) is 0 Å². The van der Waals surface area contributed by atoms with Crippen LogP contribution in [0.4, 0.5) is 26.3 Å². The highest BCUT2D eigenvalue weighted by atomic mass is 32.2. The zero-order chi connectivity index (χ0) is 16.4. The maximum atomic E-state index is 12.6. The highest BCUT2D eigenvalue weighted by Gasteiger charge is 2.33. The van der Waals surface area contributed by atoms with Crippen molar-refractivity contribution in [3.05, 3.63) is 42.6 Å². The molecule has 1 nitrogen and oxygen atoms in total. The van der Waals surface area contributed by atoms with Crippen LogP contribution in [0.3, 0.4) is 0 Å². The number of nitrogens with zero attached hydrogens (tertiary/aromatic N) is 1. The lowest BCUT2D eigenvalue weighted by Crippen LogP contribution is -2.03. The van der Waals surface area contributed by atoms with Gasteiger partial charge in [0.25, 0.3) is 0 Å². The van der Waals surface area contributed by atoms with Crippen molar-refractivity contribution in [1.82, 2.24) is 4.98 Å². The molecule has 0 radical (unpaired) electrons. The van der Waals surface area contributed by atoms with Gasteiger partial charge in [-0.15, -0.1) is 0 Å². The van der Waals surface area contributed by atoms with E-state index >= 15 is 0 Å². The Morgan fingerprint density at radius 1 is 0.818 bits per heavy atom. The van der Waals surface area contributed by atoms with Crippen molar-refractivity contribution in [2.75, 3.05) is 0 Å². The van der Waals surface area contributed by atoms with Gasteiger partial charge in [-0.3, -0.25) is 4.98 Å². The minimum absolute atomic E-state index is 0.00514. The van der Waals surface area contributed by atoms with E-state index in [9.17, 15) is 26.3 Å².